The molecule has 0 amide bonds. The smallest absolute Gasteiger partial charge is 0.197 e. The molecule has 3 aromatic rings. The van der Waals surface area contributed by atoms with E-state index >= 15 is 0 Å². The molecular weight excluding hydrogens is 716 g/mol. The first-order chi connectivity index (χ1) is 25.1. The average molecular weight is 757 g/mol. The summed E-state index contributed by atoms with van der Waals surface area (Å²) in [6.45, 7) is -2.15. The molecule has 13 N–H and O–H groups in total. The van der Waals surface area contributed by atoms with Gasteiger partial charge in [-0.2, -0.15) is 0 Å². The van der Waals surface area contributed by atoms with Gasteiger partial charge in [0.25, 0.3) is 0 Å². The summed E-state index contributed by atoms with van der Waals surface area (Å²) in [5.41, 5.74) is -1.32. The Morgan fingerprint density at radius 3 is 1.66 bits per heavy atom. The van der Waals surface area contributed by atoms with Crippen LogP contribution in [0.3, 0.4) is 0 Å². The zero-order valence-corrected chi connectivity index (χ0v) is 27.4. The first-order valence-corrected chi connectivity index (χ1v) is 16.4. The molecule has 20 heteroatoms. The fraction of sp³-hybridized carbons (Fsp3) is 0.545. The summed E-state index contributed by atoms with van der Waals surface area (Å²) in [6.07, 6.45) is -26.3. The average Bonchev–Trinajstić information content (AvgIpc) is 3.13. The van der Waals surface area contributed by atoms with Crippen LogP contribution in [0, 0.1) is 0 Å². The SMILES string of the molecule is O=c1cc(-c2ccc(O)cc2)oc2c([C@@H]3O[C@@H](CO[C@@H]4O[C@H](CO[C@@H]5O[C@H](CO)[C@@H](O)[C@H](O)[C@H]5O)[C@@H](O)[C@H](O)[C@H]4O)[C@@H](O)[C@H](O)[C@H]3O)c(O)cc(O)c12. The van der Waals surface area contributed by atoms with Crippen LogP contribution in [0.1, 0.15) is 11.7 Å². The number of hydrogen-bond acceptors (Lipinski definition) is 20. The number of phenolic OH excluding ortho intramolecular Hbond substituents is 3. The number of aromatic hydroxyl groups is 3. The molecule has 3 fully saturated rings. The Kier molecular flexibility index (Phi) is 11.6. The quantitative estimate of drug-likeness (QED) is 0.0983. The fourth-order valence-electron chi connectivity index (χ4n) is 6.47. The molecule has 1 aromatic heterocycles. The first-order valence-electron chi connectivity index (χ1n) is 16.4. The van der Waals surface area contributed by atoms with Gasteiger partial charge in [-0.25, -0.2) is 0 Å². The van der Waals surface area contributed by atoms with Crippen molar-refractivity contribution in [2.45, 2.75) is 91.9 Å². The summed E-state index contributed by atoms with van der Waals surface area (Å²) < 4.78 is 33.6. The van der Waals surface area contributed by atoms with Crippen molar-refractivity contribution in [1.82, 2.24) is 0 Å². The van der Waals surface area contributed by atoms with Crippen molar-refractivity contribution in [3.05, 3.63) is 52.2 Å². The fourth-order valence-corrected chi connectivity index (χ4v) is 6.47. The predicted molar refractivity (Wildman–Crippen MR) is 171 cm³/mol. The van der Waals surface area contributed by atoms with Crippen molar-refractivity contribution in [2.75, 3.05) is 19.8 Å². The lowest BCUT2D eigenvalue weighted by molar-refractivity contribution is -0.336. The largest absolute Gasteiger partial charge is 0.508 e. The normalized spacial score (nSPS) is 37.9. The first kappa shape index (κ1) is 39.2. The van der Waals surface area contributed by atoms with Crippen molar-refractivity contribution in [1.29, 1.82) is 0 Å². The number of hydrogen-bond donors (Lipinski definition) is 13. The highest BCUT2D eigenvalue weighted by Crippen LogP contribution is 2.44. The van der Waals surface area contributed by atoms with Crippen LogP contribution >= 0.6 is 0 Å². The van der Waals surface area contributed by atoms with Gasteiger partial charge in [0.1, 0.15) is 108 Å². The number of ether oxygens (including phenoxy) is 5. The van der Waals surface area contributed by atoms with Gasteiger partial charge in [-0.15, -0.1) is 0 Å². The molecule has 0 aliphatic carbocycles. The number of aliphatic hydroxyl groups is 10. The standard InChI is InChI=1S/C33H40O20/c34-7-16-21(39)25(43)28(46)32(52-16)49-9-18-23(41)26(44)29(47)33(53-18)48-8-17-22(40)24(42)27(45)31(51-17)20-13(37)5-12(36)19-14(38)6-15(50-30(19)20)10-1-3-11(35)4-2-10/h1-6,16-18,21-29,31-37,39-47H,7-9H2/t16-,17+,18-,21-,22-,23-,24+,25+,26+,27-,28-,29-,31+,32-,33-/m1/s1. The molecule has 0 spiro atoms. The van der Waals surface area contributed by atoms with Crippen molar-refractivity contribution >= 4 is 11.0 Å². The van der Waals surface area contributed by atoms with Gasteiger partial charge >= 0.3 is 0 Å². The molecule has 6 rings (SSSR count). The summed E-state index contributed by atoms with van der Waals surface area (Å²) in [7, 11) is 0. The molecular formula is C33H40O20. The maximum atomic E-state index is 13.2. The molecule has 53 heavy (non-hydrogen) atoms. The second-order valence-electron chi connectivity index (χ2n) is 13.0. The van der Waals surface area contributed by atoms with E-state index in [0.717, 1.165) is 12.1 Å². The maximum absolute atomic E-state index is 13.2. The van der Waals surface area contributed by atoms with Crippen LogP contribution in [0.4, 0.5) is 0 Å². The van der Waals surface area contributed by atoms with E-state index < -0.39 is 145 Å². The van der Waals surface area contributed by atoms with Crippen LogP contribution in [-0.2, 0) is 23.7 Å². The van der Waals surface area contributed by atoms with Crippen LogP contribution in [0.2, 0.25) is 0 Å². The third-order valence-corrected chi connectivity index (χ3v) is 9.51. The van der Waals surface area contributed by atoms with Gasteiger partial charge in [0, 0.05) is 17.7 Å². The molecule has 292 valence electrons. The maximum Gasteiger partial charge on any atom is 0.197 e. The predicted octanol–water partition coefficient (Wildman–Crippen LogP) is -4.26. The van der Waals surface area contributed by atoms with Gasteiger partial charge in [0.05, 0.1) is 25.4 Å². The van der Waals surface area contributed by atoms with E-state index in [-0.39, 0.29) is 11.5 Å². The third-order valence-electron chi connectivity index (χ3n) is 9.51. The van der Waals surface area contributed by atoms with Crippen LogP contribution < -0.4 is 5.43 Å². The Labute approximate surface area is 298 Å². The molecule has 20 nitrogen and oxygen atoms in total. The van der Waals surface area contributed by atoms with Crippen LogP contribution in [0.5, 0.6) is 17.2 Å². The number of rotatable bonds is 9. The van der Waals surface area contributed by atoms with Gasteiger partial charge in [0.2, 0.25) is 0 Å². The second kappa shape index (κ2) is 15.7. The van der Waals surface area contributed by atoms with Gasteiger partial charge in [-0.3, -0.25) is 4.79 Å². The van der Waals surface area contributed by atoms with Crippen molar-refractivity contribution < 1.29 is 94.5 Å². The third kappa shape index (κ3) is 7.45. The highest BCUT2D eigenvalue weighted by Gasteiger charge is 2.50. The van der Waals surface area contributed by atoms with Crippen LogP contribution in [0.15, 0.2) is 45.6 Å². The van der Waals surface area contributed by atoms with Crippen LogP contribution in [-0.4, -0.2) is 172 Å². The lowest BCUT2D eigenvalue weighted by Gasteiger charge is -2.44. The Morgan fingerprint density at radius 1 is 0.585 bits per heavy atom. The monoisotopic (exact) mass is 756 g/mol. The van der Waals surface area contributed by atoms with Crippen LogP contribution in [0.25, 0.3) is 22.3 Å². The molecule has 15 atom stereocenters. The summed E-state index contributed by atoms with van der Waals surface area (Å²) >= 11 is 0. The molecule has 0 radical (unpaired) electrons. The van der Waals surface area contributed by atoms with Gasteiger partial charge in [-0.05, 0) is 24.3 Å². The molecule has 3 aliphatic rings. The van der Waals surface area contributed by atoms with E-state index in [1.807, 2.05) is 0 Å². The molecule has 4 heterocycles. The summed E-state index contributed by atoms with van der Waals surface area (Å²) in [5.74, 6) is -1.58. The molecule has 3 saturated heterocycles. The van der Waals surface area contributed by atoms with Crippen molar-refractivity contribution in [3.63, 3.8) is 0 Å². The van der Waals surface area contributed by atoms with Gasteiger partial charge < -0.3 is 94.5 Å². The zero-order valence-electron chi connectivity index (χ0n) is 27.4. The Bertz CT molecular complexity index is 1780. The van der Waals surface area contributed by atoms with E-state index in [4.69, 9.17) is 28.1 Å². The lowest BCUT2D eigenvalue weighted by Crippen LogP contribution is -2.62. The minimum absolute atomic E-state index is 0.0752. The number of fused-ring (bicyclic) bond motifs is 1. The second-order valence-corrected chi connectivity index (χ2v) is 13.0. The van der Waals surface area contributed by atoms with E-state index in [2.05, 4.69) is 0 Å². The van der Waals surface area contributed by atoms with Gasteiger partial charge in [-0.1, -0.05) is 0 Å². The van der Waals surface area contributed by atoms with Crippen molar-refractivity contribution in [2.24, 2.45) is 0 Å². The number of aliphatic hydroxyl groups excluding tert-OH is 10. The Hall–Kier alpha value is -3.55. The summed E-state index contributed by atoms with van der Waals surface area (Å²) in [4.78, 5) is 13.2. The molecule has 0 bridgehead atoms. The Balaban J connectivity index is 1.21. The summed E-state index contributed by atoms with van der Waals surface area (Å²) in [6, 6.07) is 7.32. The summed E-state index contributed by atoms with van der Waals surface area (Å²) in [5, 5.41) is 135. The van der Waals surface area contributed by atoms with Crippen molar-refractivity contribution in [3.8, 4) is 28.6 Å². The van der Waals surface area contributed by atoms with E-state index in [0.29, 0.717) is 5.56 Å². The molecule has 0 saturated carbocycles. The molecule has 0 unspecified atom stereocenters. The lowest BCUT2D eigenvalue weighted by atomic mass is 9.89. The highest BCUT2D eigenvalue weighted by molar-refractivity contribution is 5.89. The van der Waals surface area contributed by atoms with E-state index in [1.165, 1.54) is 24.3 Å². The highest BCUT2D eigenvalue weighted by atomic mass is 16.7. The number of phenols is 3. The van der Waals surface area contributed by atoms with Gasteiger partial charge in [0.15, 0.2) is 23.6 Å². The molecule has 2 aromatic carbocycles. The van der Waals surface area contributed by atoms with E-state index in [9.17, 15) is 71.2 Å². The zero-order chi connectivity index (χ0) is 38.5. The molecule has 3 aliphatic heterocycles. The van der Waals surface area contributed by atoms with E-state index in [1.54, 1.807) is 0 Å². The minimum atomic E-state index is -1.98. The minimum Gasteiger partial charge on any atom is -0.508 e. The topological polar surface area (TPSA) is 339 Å². The number of benzene rings is 2. The Morgan fingerprint density at radius 2 is 1.09 bits per heavy atom.